The molecule has 0 bridgehead atoms. The molecule has 9 aliphatic rings. The van der Waals surface area contributed by atoms with Crippen molar-refractivity contribution in [2.75, 3.05) is 109 Å². The van der Waals surface area contributed by atoms with Crippen LogP contribution >= 0.6 is 58.0 Å². The first-order valence-corrected chi connectivity index (χ1v) is 41.4. The average molecular weight is 1590 g/mol. The molecule has 109 heavy (non-hydrogen) atoms. The summed E-state index contributed by atoms with van der Waals surface area (Å²) in [4.78, 5) is 77.3. The van der Waals surface area contributed by atoms with E-state index < -0.39 is 34.2 Å². The monoisotopic (exact) mass is 1590 g/mol. The van der Waals surface area contributed by atoms with Gasteiger partial charge >= 0.3 is 17.9 Å². The molecule has 9 fully saturated rings. The third kappa shape index (κ3) is 17.9. The number of aliphatic carboxylic acids is 3. The Balaban J connectivity index is 0.000000144. The van der Waals surface area contributed by atoms with E-state index in [1.165, 1.54) is 38.5 Å². The van der Waals surface area contributed by atoms with E-state index in [0.717, 1.165) is 195 Å². The number of anilines is 6. The Morgan fingerprint density at radius 2 is 0.862 bits per heavy atom. The molecule has 6 aromatic rings. The number of nitrogens with one attached hydrogen (secondary N) is 3. The van der Waals surface area contributed by atoms with Crippen molar-refractivity contribution in [1.29, 1.82) is 0 Å². The molecule has 6 aliphatic heterocycles. The minimum absolute atomic E-state index is 0.0285. The SMILES string of the molecule is CCC1(C(=O)O)CC(N2CCCC(C3CN(c4ncc(Cl)c(NC(C)c5ccc(C)cc5Cl)n4)C3)C2)C1.Cc1ccc(C(C)Nc2nc(N3CC(C4CCCN(C5CC(C)(C(=O)O)C5)C4)C3)nc(C)c2C)c(Cl)c1.Cc1ccc(CNc2nc(N3CC(C4CCCN(C5CC(C)(C(=O)O)C5)C4)C3)ncc2Cl)c(Cl)c1. The normalized spacial score (nSPS) is 27.3. The Hall–Kier alpha value is -6.56. The van der Waals surface area contributed by atoms with Gasteiger partial charge in [-0.3, -0.25) is 14.4 Å². The quantitative estimate of drug-likeness (QED) is 0.0370. The zero-order valence-corrected chi connectivity index (χ0v) is 68.7. The summed E-state index contributed by atoms with van der Waals surface area (Å²) in [5.74, 6) is 6.18. The fourth-order valence-electron chi connectivity index (χ4n) is 18.4. The minimum atomic E-state index is -0.657. The number of carbonyl (C=O) groups is 3. The predicted molar refractivity (Wildman–Crippen MR) is 436 cm³/mol. The van der Waals surface area contributed by atoms with Gasteiger partial charge in [-0.25, -0.2) is 15.0 Å². The van der Waals surface area contributed by atoms with Crippen LogP contribution in [0.5, 0.6) is 0 Å². The number of hydrogen-bond acceptors (Lipinski definition) is 18. The number of likely N-dealkylation sites (tertiary alicyclic amines) is 3. The van der Waals surface area contributed by atoms with E-state index in [-0.39, 0.29) is 12.1 Å². The third-order valence-electron chi connectivity index (χ3n) is 26.2. The van der Waals surface area contributed by atoms with Crippen molar-refractivity contribution < 1.29 is 29.7 Å². The van der Waals surface area contributed by atoms with E-state index in [0.29, 0.717) is 93.8 Å². The summed E-state index contributed by atoms with van der Waals surface area (Å²) in [6.07, 6.45) is 16.1. The van der Waals surface area contributed by atoms with E-state index in [1.807, 2.05) is 84.9 Å². The Kier molecular flexibility index (Phi) is 24.8. The largest absolute Gasteiger partial charge is 0.481 e. The van der Waals surface area contributed by atoms with Crippen LogP contribution in [0, 0.1) is 86.4 Å². The summed E-state index contributed by atoms with van der Waals surface area (Å²) in [6.45, 7) is 32.9. The molecule has 6 N–H and O–H groups in total. The van der Waals surface area contributed by atoms with Crippen molar-refractivity contribution in [3.63, 3.8) is 0 Å². The summed E-state index contributed by atoms with van der Waals surface area (Å²) in [5.41, 5.74) is 6.95. The number of piperidine rings is 3. The Bertz CT molecular complexity index is 4270. The van der Waals surface area contributed by atoms with Gasteiger partial charge in [-0.1, -0.05) is 101 Å². The first-order valence-electron chi connectivity index (χ1n) is 39.6. The second-order valence-corrected chi connectivity index (χ2v) is 36.1. The molecule has 588 valence electrons. The summed E-state index contributed by atoms with van der Waals surface area (Å²) in [6, 6.07) is 19.5. The summed E-state index contributed by atoms with van der Waals surface area (Å²) in [7, 11) is 0. The number of rotatable bonds is 22. The lowest BCUT2D eigenvalue weighted by molar-refractivity contribution is -0.161. The van der Waals surface area contributed by atoms with Crippen molar-refractivity contribution in [3.8, 4) is 0 Å². The molecule has 6 saturated heterocycles. The Morgan fingerprint density at radius 3 is 1.28 bits per heavy atom. The number of aryl methyl sites for hydroxylation is 4. The predicted octanol–water partition coefficient (Wildman–Crippen LogP) is 16.8. The maximum absolute atomic E-state index is 11.7. The number of hydrogen-bond donors (Lipinski definition) is 6. The highest BCUT2D eigenvalue weighted by atomic mass is 35.5. The van der Waals surface area contributed by atoms with Crippen LogP contribution in [0.25, 0.3) is 0 Å². The van der Waals surface area contributed by atoms with Crippen LogP contribution in [0.15, 0.2) is 67.0 Å². The topological polar surface area (TPSA) is 245 Å². The van der Waals surface area contributed by atoms with Crippen molar-refractivity contribution in [3.05, 3.63) is 137 Å². The van der Waals surface area contributed by atoms with Crippen LogP contribution in [0.2, 0.25) is 25.1 Å². The number of carboxylic acid groups (broad SMARTS) is 3. The van der Waals surface area contributed by atoms with Gasteiger partial charge in [0.25, 0.3) is 0 Å². The molecule has 0 amide bonds. The lowest BCUT2D eigenvalue weighted by Gasteiger charge is -2.53. The van der Waals surface area contributed by atoms with Crippen LogP contribution in [0.1, 0.15) is 175 Å². The molecule has 9 heterocycles. The molecule has 15 rings (SSSR count). The van der Waals surface area contributed by atoms with Gasteiger partial charge in [0.05, 0.1) is 40.7 Å². The first kappa shape index (κ1) is 80.5. The lowest BCUT2D eigenvalue weighted by Crippen LogP contribution is -2.59. The molecule has 21 nitrogen and oxygen atoms in total. The molecular formula is C83H110Cl5N15O6. The summed E-state index contributed by atoms with van der Waals surface area (Å²) < 4.78 is 0. The molecule has 26 heteroatoms. The van der Waals surface area contributed by atoms with E-state index >= 15 is 0 Å². The number of halogens is 5. The van der Waals surface area contributed by atoms with Gasteiger partial charge < -0.3 is 60.7 Å². The van der Waals surface area contributed by atoms with Crippen LogP contribution in [0.3, 0.4) is 0 Å². The molecular weight excluding hydrogens is 1480 g/mol. The molecule has 3 aromatic carbocycles. The highest BCUT2D eigenvalue weighted by Crippen LogP contribution is 2.50. The van der Waals surface area contributed by atoms with Gasteiger partial charge in [0.15, 0.2) is 11.6 Å². The molecule has 3 aliphatic carbocycles. The fraction of sp³-hybridized carbons (Fsp3) is 0.602. The number of benzene rings is 3. The molecule has 5 atom stereocenters. The minimum Gasteiger partial charge on any atom is -0.481 e. The standard InChI is InChI=1S/C29H40ClN5O2.C28H37Cl2N5O2.C26H33Cl2N5O2/c1-17-8-9-24(25(30)11-17)20(4)31-26-18(2)19(3)32-28(33-26)35-15-22(16-35)21-7-6-10-34(14-21)23-12-29(5,13-23)27(36)37;1-4-28(26(36)37)11-21(12-28)34-9-5-6-19(14-34)20-15-35(16-20)27-31-13-24(30)25(33-27)32-18(3)22-8-7-17(2)10-23(22)29;1-16-5-6-17(21(27)8-16)11-29-23-22(28)12-30-25(31-23)33-14-19(15-33)18-4-3-7-32(13-18)20-9-26(2,10-20)24(34)35/h8-9,11,20-23H,6-7,10,12-16H2,1-5H3,(H,36,37)(H,31,32,33);7-8,10,13,18-21H,4-6,9,11-12,14-16H2,1-3H3,(H,36,37)(H,31,32,33);5-6,8,12,18-20H,3-4,7,9-11,13-15H2,1-2H3,(H,34,35)(H,29,30,31). The second kappa shape index (κ2) is 33.6. The highest BCUT2D eigenvalue weighted by molar-refractivity contribution is 6.33. The second-order valence-electron chi connectivity index (χ2n) is 34.1. The number of nitrogens with zero attached hydrogens (tertiary/aromatic N) is 12. The van der Waals surface area contributed by atoms with Crippen LogP contribution in [-0.2, 0) is 20.9 Å². The van der Waals surface area contributed by atoms with Crippen LogP contribution in [0.4, 0.5) is 35.3 Å². The van der Waals surface area contributed by atoms with Gasteiger partial charge in [0, 0.05) is 110 Å². The van der Waals surface area contributed by atoms with Gasteiger partial charge in [-0.15, -0.1) is 0 Å². The van der Waals surface area contributed by atoms with Crippen LogP contribution in [-0.4, -0.2) is 174 Å². The summed E-state index contributed by atoms with van der Waals surface area (Å²) in [5, 5.41) is 42.0. The van der Waals surface area contributed by atoms with E-state index in [2.05, 4.69) is 94.3 Å². The lowest BCUT2D eigenvalue weighted by atomic mass is 9.63. The smallest absolute Gasteiger partial charge is 0.309 e. The molecule has 5 unspecified atom stereocenters. The van der Waals surface area contributed by atoms with Gasteiger partial charge in [-0.05, 0) is 253 Å². The van der Waals surface area contributed by atoms with Crippen molar-refractivity contribution in [1.82, 2.24) is 44.6 Å². The maximum Gasteiger partial charge on any atom is 0.309 e. The molecule has 0 radical (unpaired) electrons. The maximum atomic E-state index is 11.7. The summed E-state index contributed by atoms with van der Waals surface area (Å²) >= 11 is 32.2. The van der Waals surface area contributed by atoms with Gasteiger partial charge in [-0.2, -0.15) is 15.0 Å². The third-order valence-corrected chi connectivity index (χ3v) is 27.8. The fourth-order valence-corrected chi connectivity index (χ4v) is 19.8. The zero-order valence-electron chi connectivity index (χ0n) is 64.9. The van der Waals surface area contributed by atoms with Crippen molar-refractivity contribution in [2.24, 2.45) is 51.8 Å². The zero-order chi connectivity index (χ0) is 77.5. The molecule has 3 saturated carbocycles. The van der Waals surface area contributed by atoms with Crippen LogP contribution < -0.4 is 30.7 Å². The highest BCUT2D eigenvalue weighted by Gasteiger charge is 2.54. The van der Waals surface area contributed by atoms with E-state index in [4.69, 9.17) is 77.9 Å². The van der Waals surface area contributed by atoms with E-state index in [9.17, 15) is 29.7 Å². The van der Waals surface area contributed by atoms with Crippen molar-refractivity contribution >= 4 is 111 Å². The van der Waals surface area contributed by atoms with Crippen molar-refractivity contribution in [2.45, 2.75) is 189 Å². The Morgan fingerprint density at radius 1 is 0.477 bits per heavy atom. The molecule has 3 aromatic heterocycles. The average Bonchev–Trinajstić information content (AvgIpc) is 0.787. The van der Waals surface area contributed by atoms with Gasteiger partial charge in [0.2, 0.25) is 17.8 Å². The Labute approximate surface area is 668 Å². The van der Waals surface area contributed by atoms with Gasteiger partial charge in [0.1, 0.15) is 15.9 Å². The molecule has 0 spiro atoms. The first-order chi connectivity index (χ1) is 51.9. The number of aromatic nitrogens is 6. The number of carboxylic acids is 3. The van der Waals surface area contributed by atoms with E-state index in [1.54, 1.807) is 12.4 Å².